The van der Waals surface area contributed by atoms with Gasteiger partial charge in [0.15, 0.2) is 5.82 Å². The molecule has 20 heavy (non-hydrogen) atoms. The number of nitrogens with two attached hydrogens (primary N) is 1. The predicted molar refractivity (Wildman–Crippen MR) is 79.0 cm³/mol. The van der Waals surface area contributed by atoms with E-state index in [1.54, 1.807) is 0 Å². The van der Waals surface area contributed by atoms with E-state index in [9.17, 15) is 0 Å². The molecule has 2 N–H and O–H groups in total. The molecule has 5 heteroatoms. The van der Waals surface area contributed by atoms with Crippen molar-refractivity contribution in [3.8, 4) is 11.4 Å². The van der Waals surface area contributed by atoms with E-state index in [-0.39, 0.29) is 0 Å². The van der Waals surface area contributed by atoms with Gasteiger partial charge in [0.25, 0.3) is 0 Å². The maximum Gasteiger partial charge on any atom is 0.184 e. The maximum atomic E-state index is 6.12. The molecular weight excluding hydrogens is 250 g/mol. The number of aryl methyl sites for hydroxylation is 1. The van der Waals surface area contributed by atoms with Crippen LogP contribution < -0.4 is 5.73 Å². The zero-order valence-electron chi connectivity index (χ0n) is 12.1. The molecule has 0 unspecified atom stereocenters. The first-order valence-corrected chi connectivity index (χ1v) is 7.27. The first kappa shape index (κ1) is 13.1. The molecule has 1 fully saturated rings. The smallest absolute Gasteiger partial charge is 0.184 e. The highest BCUT2D eigenvalue weighted by Gasteiger charge is 2.36. The van der Waals surface area contributed by atoms with Crippen LogP contribution in [0.5, 0.6) is 0 Å². The summed E-state index contributed by atoms with van der Waals surface area (Å²) in [5, 5.41) is 12.3. The van der Waals surface area contributed by atoms with Crippen LogP contribution in [0.4, 0.5) is 5.69 Å². The summed E-state index contributed by atoms with van der Waals surface area (Å²) in [6.45, 7) is 5.19. The monoisotopic (exact) mass is 271 g/mol. The molecule has 0 radical (unpaired) electrons. The molecule has 0 spiro atoms. The average molecular weight is 271 g/mol. The first-order valence-electron chi connectivity index (χ1n) is 7.27. The second-order valence-corrected chi connectivity index (χ2v) is 5.91. The van der Waals surface area contributed by atoms with Crippen molar-refractivity contribution in [2.45, 2.75) is 46.1 Å². The van der Waals surface area contributed by atoms with Gasteiger partial charge >= 0.3 is 0 Å². The number of benzene rings is 1. The van der Waals surface area contributed by atoms with E-state index in [0.717, 1.165) is 29.2 Å². The van der Waals surface area contributed by atoms with E-state index in [1.165, 1.54) is 25.7 Å². The van der Waals surface area contributed by atoms with Gasteiger partial charge in [0.05, 0.1) is 6.54 Å². The molecule has 106 valence electrons. The minimum Gasteiger partial charge on any atom is -0.398 e. The lowest BCUT2D eigenvalue weighted by molar-refractivity contribution is 0.0948. The molecule has 1 heterocycles. The Morgan fingerprint density at radius 3 is 2.75 bits per heavy atom. The van der Waals surface area contributed by atoms with Gasteiger partial charge in [0.2, 0.25) is 0 Å². The minimum absolute atomic E-state index is 0.377. The number of tetrazole rings is 1. The van der Waals surface area contributed by atoms with Crippen molar-refractivity contribution >= 4 is 5.69 Å². The van der Waals surface area contributed by atoms with Gasteiger partial charge in [-0.2, -0.15) is 0 Å². The van der Waals surface area contributed by atoms with Crippen LogP contribution in [0.25, 0.3) is 11.4 Å². The van der Waals surface area contributed by atoms with Crippen LogP contribution in [0.1, 0.15) is 38.2 Å². The van der Waals surface area contributed by atoms with Gasteiger partial charge in [-0.25, -0.2) is 4.68 Å². The van der Waals surface area contributed by atoms with Crippen molar-refractivity contribution in [2.24, 2.45) is 5.41 Å². The minimum atomic E-state index is 0.377. The molecular formula is C15H21N5. The molecule has 5 nitrogen and oxygen atoms in total. The summed E-state index contributed by atoms with van der Waals surface area (Å²) in [4.78, 5) is 0. The molecule has 0 bridgehead atoms. The van der Waals surface area contributed by atoms with Crippen molar-refractivity contribution in [3.63, 3.8) is 0 Å². The summed E-state index contributed by atoms with van der Waals surface area (Å²) in [6.07, 6.45) is 5.03. The van der Waals surface area contributed by atoms with Crippen LogP contribution >= 0.6 is 0 Å². The summed E-state index contributed by atoms with van der Waals surface area (Å²) in [5.41, 5.74) is 9.30. The van der Waals surface area contributed by atoms with Crippen molar-refractivity contribution in [1.29, 1.82) is 0 Å². The van der Waals surface area contributed by atoms with Crippen LogP contribution in [0.15, 0.2) is 18.2 Å². The molecule has 0 atom stereocenters. The maximum absolute atomic E-state index is 6.12. The largest absolute Gasteiger partial charge is 0.398 e. The fourth-order valence-corrected chi connectivity index (χ4v) is 3.10. The van der Waals surface area contributed by atoms with Crippen molar-refractivity contribution in [3.05, 3.63) is 23.8 Å². The second-order valence-electron chi connectivity index (χ2n) is 5.91. The van der Waals surface area contributed by atoms with Crippen molar-refractivity contribution in [1.82, 2.24) is 20.2 Å². The van der Waals surface area contributed by atoms with Crippen LogP contribution in [0.2, 0.25) is 0 Å². The lowest BCUT2D eigenvalue weighted by Gasteiger charge is -2.41. The van der Waals surface area contributed by atoms with E-state index in [0.29, 0.717) is 5.41 Å². The summed E-state index contributed by atoms with van der Waals surface area (Å²) in [6, 6.07) is 5.91. The fourth-order valence-electron chi connectivity index (χ4n) is 3.10. The third-order valence-corrected chi connectivity index (χ3v) is 4.71. The topological polar surface area (TPSA) is 69.6 Å². The van der Waals surface area contributed by atoms with E-state index in [4.69, 9.17) is 5.73 Å². The van der Waals surface area contributed by atoms with E-state index in [2.05, 4.69) is 22.4 Å². The highest BCUT2D eigenvalue weighted by molar-refractivity contribution is 5.74. The molecule has 2 aromatic rings. The quantitative estimate of drug-likeness (QED) is 0.868. The molecule has 1 saturated carbocycles. The van der Waals surface area contributed by atoms with Gasteiger partial charge in [-0.05, 0) is 53.7 Å². The Labute approximate surface area is 119 Å². The van der Waals surface area contributed by atoms with Crippen molar-refractivity contribution in [2.75, 3.05) is 5.73 Å². The normalized spacial score (nSPS) is 16.9. The molecule has 1 aromatic carbocycles. The Morgan fingerprint density at radius 2 is 2.15 bits per heavy atom. The lowest BCUT2D eigenvalue weighted by Crippen LogP contribution is -2.34. The van der Waals surface area contributed by atoms with Gasteiger partial charge in [-0.15, -0.1) is 5.10 Å². The number of hydrogen-bond donors (Lipinski definition) is 1. The number of nitrogens with zero attached hydrogens (tertiary/aromatic N) is 4. The third kappa shape index (κ3) is 2.07. The third-order valence-electron chi connectivity index (χ3n) is 4.71. The van der Waals surface area contributed by atoms with Gasteiger partial charge in [0.1, 0.15) is 0 Å². The Morgan fingerprint density at radius 1 is 1.35 bits per heavy atom. The fraction of sp³-hybridized carbons (Fsp3) is 0.533. The molecule has 1 aliphatic rings. The predicted octanol–water partition coefficient (Wildman–Crippen LogP) is 2.81. The van der Waals surface area contributed by atoms with Crippen molar-refractivity contribution < 1.29 is 0 Å². The molecule has 3 rings (SSSR count). The van der Waals surface area contributed by atoms with Crippen LogP contribution in [0.3, 0.4) is 0 Å². The van der Waals surface area contributed by atoms with E-state index in [1.807, 2.05) is 29.8 Å². The molecule has 0 amide bonds. The SMILES string of the molecule is CCC1(Cn2nnnc2-c2c(C)cccc2N)CCC1. The second kappa shape index (κ2) is 4.89. The Bertz CT molecular complexity index is 587. The summed E-state index contributed by atoms with van der Waals surface area (Å²) in [5.74, 6) is 0.792. The zero-order valence-corrected chi connectivity index (χ0v) is 12.1. The van der Waals surface area contributed by atoms with E-state index >= 15 is 0 Å². The Balaban J connectivity index is 1.98. The number of rotatable bonds is 4. The van der Waals surface area contributed by atoms with Gasteiger partial charge in [-0.1, -0.05) is 25.5 Å². The summed E-state index contributed by atoms with van der Waals surface area (Å²) in [7, 11) is 0. The zero-order chi connectivity index (χ0) is 14.2. The standard InChI is InChI=1S/C15H21N5/c1-3-15(8-5-9-15)10-20-14(17-18-19-20)13-11(2)6-4-7-12(13)16/h4,6-7H,3,5,8-10,16H2,1-2H3. The Hall–Kier alpha value is -1.91. The lowest BCUT2D eigenvalue weighted by atomic mass is 9.67. The number of nitrogen functional groups attached to an aromatic ring is 1. The number of aromatic nitrogens is 4. The van der Waals surface area contributed by atoms with Gasteiger partial charge < -0.3 is 5.73 Å². The number of hydrogen-bond acceptors (Lipinski definition) is 4. The summed E-state index contributed by atoms with van der Waals surface area (Å²) < 4.78 is 1.93. The van der Waals surface area contributed by atoms with Gasteiger partial charge in [0, 0.05) is 11.3 Å². The Kier molecular flexibility index (Phi) is 3.20. The highest BCUT2D eigenvalue weighted by Crippen LogP contribution is 2.45. The van der Waals surface area contributed by atoms with Crippen LogP contribution in [-0.2, 0) is 6.54 Å². The molecule has 0 saturated heterocycles. The first-order chi connectivity index (χ1) is 9.65. The number of anilines is 1. The highest BCUT2D eigenvalue weighted by atomic mass is 15.5. The van der Waals surface area contributed by atoms with E-state index < -0.39 is 0 Å². The molecule has 1 aliphatic carbocycles. The van der Waals surface area contributed by atoms with Crippen LogP contribution in [-0.4, -0.2) is 20.2 Å². The van der Waals surface area contributed by atoms with Gasteiger partial charge in [-0.3, -0.25) is 0 Å². The molecule has 1 aromatic heterocycles. The molecule has 0 aliphatic heterocycles. The van der Waals surface area contributed by atoms with Crippen LogP contribution in [0, 0.1) is 12.3 Å². The average Bonchev–Trinajstić information content (AvgIpc) is 2.82. The summed E-state index contributed by atoms with van der Waals surface area (Å²) >= 11 is 0.